The molecule has 0 aliphatic heterocycles. The van der Waals surface area contributed by atoms with Crippen LogP contribution in [0.2, 0.25) is 13.3 Å². The third kappa shape index (κ3) is 7.54. The van der Waals surface area contributed by atoms with E-state index in [1.807, 2.05) is 6.20 Å². The zero-order chi connectivity index (χ0) is 28.0. The second-order valence-electron chi connectivity index (χ2n) is 9.94. The number of aromatic nitrogens is 3. The Labute approximate surface area is 224 Å². The van der Waals surface area contributed by atoms with Gasteiger partial charge in [0.2, 0.25) is 0 Å². The molecule has 3 rings (SSSR count). The predicted molar refractivity (Wildman–Crippen MR) is 142 cm³/mol. The van der Waals surface area contributed by atoms with Crippen LogP contribution >= 0.6 is 0 Å². The number of nitrogens with zero attached hydrogens (tertiary/aromatic N) is 2. The zero-order valence-corrected chi connectivity index (χ0v) is 24.9. The number of benzene rings is 1. The average Bonchev–Trinajstić information content (AvgIpc) is 3.38. The molecule has 0 aliphatic carbocycles. The Balaban J connectivity index is 2.08. The minimum atomic E-state index is -4.65. The number of aromatic amines is 1. The number of unbranched alkanes of at least 4 members (excludes halogenated alkanes) is 3. The maximum atomic E-state index is 13.8. The van der Waals surface area contributed by atoms with Gasteiger partial charge in [-0.25, -0.2) is 0 Å². The van der Waals surface area contributed by atoms with Gasteiger partial charge in [-0.3, -0.25) is 0 Å². The van der Waals surface area contributed by atoms with Crippen LogP contribution in [0.5, 0.6) is 0 Å². The van der Waals surface area contributed by atoms with E-state index >= 15 is 0 Å². The van der Waals surface area contributed by atoms with Gasteiger partial charge in [-0.1, -0.05) is 0 Å². The van der Waals surface area contributed by atoms with Gasteiger partial charge in [0.25, 0.3) is 0 Å². The van der Waals surface area contributed by atoms with Crippen molar-refractivity contribution in [2.75, 3.05) is 0 Å². The molecule has 0 aliphatic rings. The quantitative estimate of drug-likeness (QED) is 0.158. The second kappa shape index (κ2) is 12.9. The monoisotopic (exact) mass is 647 g/mol. The van der Waals surface area contributed by atoms with Crippen LogP contribution in [0.15, 0.2) is 42.6 Å². The molecular formula is C28H35F6N3Sn. The zero-order valence-electron chi connectivity index (χ0n) is 22.1. The van der Waals surface area contributed by atoms with Crippen molar-refractivity contribution in [2.24, 2.45) is 0 Å². The fraction of sp³-hybridized carbons (Fsp3) is 0.500. The Morgan fingerprint density at radius 3 is 1.68 bits per heavy atom. The summed E-state index contributed by atoms with van der Waals surface area (Å²) in [7, 11) is 0. The summed E-state index contributed by atoms with van der Waals surface area (Å²) in [6.07, 6.45) is -0.753. The fourth-order valence-corrected chi connectivity index (χ4v) is 20.2. The van der Waals surface area contributed by atoms with Crippen molar-refractivity contribution in [2.45, 2.75) is 85.0 Å². The van der Waals surface area contributed by atoms with E-state index in [9.17, 15) is 26.3 Å². The van der Waals surface area contributed by atoms with Crippen LogP contribution in [0.4, 0.5) is 26.3 Å². The van der Waals surface area contributed by atoms with Gasteiger partial charge >= 0.3 is 225 Å². The molecule has 1 N–H and O–H groups in total. The summed E-state index contributed by atoms with van der Waals surface area (Å²) in [6.45, 7) is 6.51. The molecule has 0 radical (unpaired) electrons. The van der Waals surface area contributed by atoms with Crippen LogP contribution in [0.1, 0.15) is 70.4 Å². The third-order valence-electron chi connectivity index (χ3n) is 7.08. The molecule has 10 heteroatoms. The van der Waals surface area contributed by atoms with Crippen molar-refractivity contribution in [3.63, 3.8) is 0 Å². The number of nitrogens with one attached hydrogen (secondary N) is 1. The van der Waals surface area contributed by atoms with Gasteiger partial charge in [-0.05, 0) is 0 Å². The summed E-state index contributed by atoms with van der Waals surface area (Å²) in [6, 6.07) is 5.80. The molecule has 1 aromatic carbocycles. The summed E-state index contributed by atoms with van der Waals surface area (Å²) in [5, 5.41) is 0. The SMILES string of the molecule is CCC[CH2][Sn]([CH2]CCC)([CH2]CCC)[c]1cnc(-c2cc(C(F)(F)F)cc(-c3ccc(C(F)(F)F)cc3)n2)[nH]1. The van der Waals surface area contributed by atoms with E-state index in [4.69, 9.17) is 0 Å². The number of halogens is 6. The van der Waals surface area contributed by atoms with Crippen molar-refractivity contribution in [1.29, 1.82) is 0 Å². The molecule has 0 unspecified atom stereocenters. The first-order valence-electron chi connectivity index (χ1n) is 13.3. The van der Waals surface area contributed by atoms with Crippen LogP contribution < -0.4 is 3.71 Å². The molecule has 3 aromatic rings. The predicted octanol–water partition coefficient (Wildman–Crippen LogP) is 9.23. The molecule has 38 heavy (non-hydrogen) atoms. The van der Waals surface area contributed by atoms with Gasteiger partial charge in [-0.15, -0.1) is 0 Å². The molecule has 2 heterocycles. The Kier molecular flexibility index (Phi) is 10.3. The van der Waals surface area contributed by atoms with E-state index in [1.54, 1.807) is 0 Å². The number of imidazole rings is 1. The van der Waals surface area contributed by atoms with Crippen LogP contribution in [0, 0.1) is 0 Å². The summed E-state index contributed by atoms with van der Waals surface area (Å²) >= 11 is -2.91. The Morgan fingerprint density at radius 1 is 0.711 bits per heavy atom. The van der Waals surface area contributed by atoms with Crippen LogP contribution in [0.3, 0.4) is 0 Å². The average molecular weight is 646 g/mol. The molecule has 0 saturated carbocycles. The number of hydrogen-bond donors (Lipinski definition) is 1. The molecule has 0 atom stereocenters. The van der Waals surface area contributed by atoms with Gasteiger partial charge in [0.05, 0.1) is 0 Å². The number of pyridine rings is 1. The third-order valence-corrected chi connectivity index (χ3v) is 22.3. The summed E-state index contributed by atoms with van der Waals surface area (Å²) in [4.78, 5) is 12.3. The molecular weight excluding hydrogens is 611 g/mol. The summed E-state index contributed by atoms with van der Waals surface area (Å²) < 4.78 is 85.0. The van der Waals surface area contributed by atoms with E-state index in [0.717, 1.165) is 78.6 Å². The maximum absolute atomic E-state index is 13.8. The van der Waals surface area contributed by atoms with Crippen LogP contribution in [-0.2, 0) is 12.4 Å². The fourth-order valence-electron chi connectivity index (χ4n) is 4.84. The van der Waals surface area contributed by atoms with E-state index in [0.29, 0.717) is 0 Å². The molecule has 208 valence electrons. The van der Waals surface area contributed by atoms with Crippen molar-refractivity contribution >= 4 is 22.1 Å². The van der Waals surface area contributed by atoms with Gasteiger partial charge in [0, 0.05) is 0 Å². The number of hydrogen-bond acceptors (Lipinski definition) is 2. The minimum absolute atomic E-state index is 0.0302. The molecule has 2 aromatic heterocycles. The first-order chi connectivity index (χ1) is 17.9. The Morgan fingerprint density at radius 2 is 1.21 bits per heavy atom. The van der Waals surface area contributed by atoms with Crippen LogP contribution in [0.25, 0.3) is 22.8 Å². The normalized spacial score (nSPS) is 12.8. The van der Waals surface area contributed by atoms with Gasteiger partial charge in [-0.2, -0.15) is 0 Å². The number of H-pyrrole nitrogens is 1. The summed E-state index contributed by atoms with van der Waals surface area (Å²) in [5.41, 5.74) is -1.66. The van der Waals surface area contributed by atoms with Crippen molar-refractivity contribution < 1.29 is 26.3 Å². The van der Waals surface area contributed by atoms with E-state index in [2.05, 4.69) is 35.7 Å². The van der Waals surface area contributed by atoms with Gasteiger partial charge in [0.15, 0.2) is 0 Å². The standard InChI is InChI=1S/C16H8F6N3.3C4H9.Sn/c17-15(18,19)10-3-1-9(2-4-10)12-7-11(16(20,21)22)8-13(25-12)14-23-5-6-24-14;3*1-3-4-2;/h1-5,7-8H,(H,23,24);3*1,3-4H2,2H3;. The Bertz CT molecular complexity index is 1150. The molecule has 0 spiro atoms. The molecule has 3 nitrogen and oxygen atoms in total. The number of rotatable bonds is 12. The van der Waals surface area contributed by atoms with Crippen LogP contribution in [-0.4, -0.2) is 33.3 Å². The topological polar surface area (TPSA) is 41.6 Å². The summed E-state index contributed by atoms with van der Waals surface area (Å²) in [5.74, 6) is 0.268. The molecule has 0 amide bonds. The van der Waals surface area contributed by atoms with E-state index < -0.39 is 41.9 Å². The molecule has 0 bridgehead atoms. The van der Waals surface area contributed by atoms with E-state index in [-0.39, 0.29) is 22.8 Å². The molecule has 0 saturated heterocycles. The van der Waals surface area contributed by atoms with E-state index in [1.165, 1.54) is 13.3 Å². The Hall–Kier alpha value is -2.04. The van der Waals surface area contributed by atoms with Gasteiger partial charge < -0.3 is 0 Å². The number of alkyl halides is 6. The van der Waals surface area contributed by atoms with Gasteiger partial charge in [0.1, 0.15) is 0 Å². The van der Waals surface area contributed by atoms with Crippen molar-refractivity contribution in [3.05, 3.63) is 53.7 Å². The van der Waals surface area contributed by atoms with Crippen molar-refractivity contribution in [3.8, 4) is 22.8 Å². The first-order valence-corrected chi connectivity index (χ1v) is 20.7. The molecule has 0 fully saturated rings. The second-order valence-corrected chi connectivity index (χ2v) is 23.1. The first kappa shape index (κ1) is 30.5. The van der Waals surface area contributed by atoms with Crippen molar-refractivity contribution in [1.82, 2.24) is 15.0 Å².